The summed E-state index contributed by atoms with van der Waals surface area (Å²) in [5.74, 6) is 1.21. The predicted octanol–water partition coefficient (Wildman–Crippen LogP) is 3.60. The summed E-state index contributed by atoms with van der Waals surface area (Å²) in [5.41, 5.74) is 1.62. The number of amides is 2. The fraction of sp³-hybridized carbons (Fsp3) is 0.429. The minimum Gasteiger partial charge on any atom is -0.467 e. The molecule has 0 spiro atoms. The molecule has 1 aliphatic rings. The topological polar surface area (TPSA) is 71.8 Å². The van der Waals surface area contributed by atoms with Gasteiger partial charge in [0.15, 0.2) is 0 Å². The lowest BCUT2D eigenvalue weighted by atomic mass is 10.1. The second-order valence-electron chi connectivity index (χ2n) is 6.92. The first kappa shape index (κ1) is 20.5. The van der Waals surface area contributed by atoms with Crippen LogP contribution in [0.4, 0.5) is 0 Å². The van der Waals surface area contributed by atoms with Gasteiger partial charge in [0, 0.05) is 18.7 Å². The Morgan fingerprint density at radius 2 is 2.11 bits per heavy atom. The summed E-state index contributed by atoms with van der Waals surface area (Å²) in [7, 11) is 0. The molecule has 0 bridgehead atoms. The third-order valence-corrected chi connectivity index (χ3v) is 5.65. The molecule has 2 aromatic rings. The van der Waals surface area contributed by atoms with E-state index in [0.29, 0.717) is 31.0 Å². The van der Waals surface area contributed by atoms with Crippen LogP contribution in [0, 0.1) is 0 Å². The first-order chi connectivity index (χ1) is 13.5. The van der Waals surface area contributed by atoms with Crippen LogP contribution in [-0.2, 0) is 16.1 Å². The Kier molecular flexibility index (Phi) is 7.17. The molecule has 1 aromatic carbocycles. The molecule has 1 aromatic heterocycles. The Morgan fingerprint density at radius 3 is 2.79 bits per heavy atom. The zero-order chi connectivity index (χ0) is 19.9. The van der Waals surface area contributed by atoms with Gasteiger partial charge in [-0.1, -0.05) is 12.1 Å². The molecule has 0 saturated carbocycles. The summed E-state index contributed by atoms with van der Waals surface area (Å²) >= 11 is 1.59. The molecule has 150 valence electrons. The number of hydrogen-bond donors (Lipinski definition) is 1. The maximum absolute atomic E-state index is 12.3. The predicted molar refractivity (Wildman–Crippen MR) is 109 cm³/mol. The molecular formula is C21H26N2O4S. The van der Waals surface area contributed by atoms with Crippen LogP contribution in [0.1, 0.15) is 47.3 Å². The number of thioether (sulfide) groups is 1. The Bertz CT molecular complexity index is 774. The number of carbonyl (C=O) groups is 2. The first-order valence-corrected chi connectivity index (χ1v) is 10.5. The van der Waals surface area contributed by atoms with Crippen LogP contribution < -0.4 is 5.32 Å². The van der Waals surface area contributed by atoms with E-state index < -0.39 is 0 Å². The number of benzene rings is 1. The third kappa shape index (κ3) is 5.39. The van der Waals surface area contributed by atoms with Crippen LogP contribution >= 0.6 is 11.8 Å². The Balaban J connectivity index is 1.55. The molecule has 2 amide bonds. The number of nitrogens with zero attached hydrogens (tertiary/aromatic N) is 1. The van der Waals surface area contributed by atoms with Crippen LogP contribution in [-0.4, -0.2) is 41.7 Å². The highest BCUT2D eigenvalue weighted by molar-refractivity contribution is 8.00. The highest BCUT2D eigenvalue weighted by Gasteiger charge is 2.33. The Hall–Kier alpha value is -2.25. The quantitative estimate of drug-likeness (QED) is 0.649. The minimum absolute atomic E-state index is 0.0668. The van der Waals surface area contributed by atoms with E-state index in [-0.39, 0.29) is 23.3 Å². The van der Waals surface area contributed by atoms with Gasteiger partial charge >= 0.3 is 0 Å². The number of furan rings is 1. The third-order valence-electron chi connectivity index (χ3n) is 4.39. The van der Waals surface area contributed by atoms with Crippen molar-refractivity contribution in [3.63, 3.8) is 0 Å². The highest BCUT2D eigenvalue weighted by Crippen LogP contribution is 2.39. The van der Waals surface area contributed by atoms with E-state index in [1.54, 1.807) is 18.0 Å². The van der Waals surface area contributed by atoms with Gasteiger partial charge in [0.25, 0.3) is 5.91 Å². The van der Waals surface area contributed by atoms with Gasteiger partial charge in [-0.2, -0.15) is 0 Å². The molecule has 6 nitrogen and oxygen atoms in total. The Morgan fingerprint density at radius 1 is 1.32 bits per heavy atom. The fourth-order valence-electron chi connectivity index (χ4n) is 2.97. The highest BCUT2D eigenvalue weighted by atomic mass is 32.2. The van der Waals surface area contributed by atoms with Crippen molar-refractivity contribution < 1.29 is 18.7 Å². The van der Waals surface area contributed by atoms with E-state index in [1.807, 2.05) is 55.1 Å². The number of hydrogen-bond acceptors (Lipinski definition) is 5. The van der Waals surface area contributed by atoms with Gasteiger partial charge in [-0.25, -0.2) is 0 Å². The largest absolute Gasteiger partial charge is 0.467 e. The lowest BCUT2D eigenvalue weighted by molar-refractivity contribution is -0.128. The number of nitrogens with one attached hydrogen (secondary N) is 1. The maximum Gasteiger partial charge on any atom is 0.251 e. The molecule has 1 saturated heterocycles. The fourth-order valence-corrected chi connectivity index (χ4v) is 4.15. The van der Waals surface area contributed by atoms with Crippen molar-refractivity contribution in [1.82, 2.24) is 10.2 Å². The molecule has 1 fully saturated rings. The number of carbonyl (C=O) groups excluding carboxylic acids is 2. The van der Waals surface area contributed by atoms with E-state index in [0.717, 1.165) is 17.7 Å². The second-order valence-corrected chi connectivity index (χ2v) is 7.98. The van der Waals surface area contributed by atoms with Gasteiger partial charge in [0.05, 0.1) is 24.7 Å². The van der Waals surface area contributed by atoms with Crippen LogP contribution in [0.5, 0.6) is 0 Å². The first-order valence-electron chi connectivity index (χ1n) is 9.48. The summed E-state index contributed by atoms with van der Waals surface area (Å²) < 4.78 is 10.8. The lowest BCUT2D eigenvalue weighted by Gasteiger charge is -2.23. The molecule has 0 unspecified atom stereocenters. The number of ether oxygens (including phenoxy) is 1. The maximum atomic E-state index is 12.3. The van der Waals surface area contributed by atoms with Crippen LogP contribution in [0.3, 0.4) is 0 Å². The summed E-state index contributed by atoms with van der Waals surface area (Å²) in [4.78, 5) is 26.3. The minimum atomic E-state index is -0.0984. The average molecular weight is 403 g/mol. The summed E-state index contributed by atoms with van der Waals surface area (Å²) in [6, 6.07) is 11.1. The molecule has 2 heterocycles. The van der Waals surface area contributed by atoms with Crippen LogP contribution in [0.25, 0.3) is 0 Å². The number of rotatable bonds is 9. The van der Waals surface area contributed by atoms with Crippen molar-refractivity contribution in [2.45, 2.75) is 38.3 Å². The van der Waals surface area contributed by atoms with E-state index in [4.69, 9.17) is 9.15 Å². The van der Waals surface area contributed by atoms with Gasteiger partial charge in [-0.15, -0.1) is 11.8 Å². The zero-order valence-corrected chi connectivity index (χ0v) is 17.0. The van der Waals surface area contributed by atoms with Gasteiger partial charge in [0.1, 0.15) is 11.1 Å². The monoisotopic (exact) mass is 402 g/mol. The summed E-state index contributed by atoms with van der Waals surface area (Å²) in [6.45, 7) is 5.65. The van der Waals surface area contributed by atoms with Crippen molar-refractivity contribution in [2.75, 3.05) is 18.9 Å². The normalized spacial score (nSPS) is 16.8. The van der Waals surface area contributed by atoms with Gasteiger partial charge in [-0.3, -0.25) is 9.59 Å². The van der Waals surface area contributed by atoms with Crippen LogP contribution in [0.2, 0.25) is 0 Å². The van der Waals surface area contributed by atoms with Gasteiger partial charge < -0.3 is 19.4 Å². The molecule has 7 heteroatoms. The molecule has 1 N–H and O–H groups in total. The zero-order valence-electron chi connectivity index (χ0n) is 16.2. The van der Waals surface area contributed by atoms with E-state index in [1.165, 1.54) is 0 Å². The molecule has 0 aliphatic carbocycles. The standard InChI is InChI=1S/C21H26N2O4S/c1-15(2)26-12-4-10-22-20(25)16-6-8-17(9-7-16)21-23(19(24)14-28-21)13-18-5-3-11-27-18/h3,5-9,11,15,21H,4,10,12-14H2,1-2H3,(H,22,25)/t21-/m0/s1. The van der Waals surface area contributed by atoms with Crippen molar-refractivity contribution in [3.8, 4) is 0 Å². The molecule has 0 radical (unpaired) electrons. The van der Waals surface area contributed by atoms with Crippen molar-refractivity contribution >= 4 is 23.6 Å². The van der Waals surface area contributed by atoms with Crippen molar-refractivity contribution in [3.05, 3.63) is 59.5 Å². The summed E-state index contributed by atoms with van der Waals surface area (Å²) in [5, 5.41) is 2.84. The molecule has 1 aliphatic heterocycles. The van der Waals surface area contributed by atoms with E-state index in [2.05, 4.69) is 5.32 Å². The lowest BCUT2D eigenvalue weighted by Crippen LogP contribution is -2.27. The summed E-state index contributed by atoms with van der Waals surface area (Å²) in [6.07, 6.45) is 2.60. The van der Waals surface area contributed by atoms with Gasteiger partial charge in [-0.05, 0) is 50.1 Å². The SMILES string of the molecule is CC(C)OCCCNC(=O)c1ccc([C@@H]2SCC(=O)N2Cc2ccco2)cc1. The van der Waals surface area contributed by atoms with Gasteiger partial charge in [0.2, 0.25) is 5.91 Å². The average Bonchev–Trinajstić information content (AvgIpc) is 3.32. The van der Waals surface area contributed by atoms with Crippen molar-refractivity contribution in [2.24, 2.45) is 0 Å². The van der Waals surface area contributed by atoms with E-state index >= 15 is 0 Å². The second kappa shape index (κ2) is 9.80. The van der Waals surface area contributed by atoms with Crippen LogP contribution in [0.15, 0.2) is 47.1 Å². The molecular weight excluding hydrogens is 376 g/mol. The molecule has 28 heavy (non-hydrogen) atoms. The molecule has 1 atom stereocenters. The van der Waals surface area contributed by atoms with E-state index in [9.17, 15) is 9.59 Å². The van der Waals surface area contributed by atoms with Crippen molar-refractivity contribution in [1.29, 1.82) is 0 Å². The molecule has 3 rings (SSSR count). The Labute approximate surface area is 169 Å². The smallest absolute Gasteiger partial charge is 0.251 e.